The molecule has 0 spiro atoms. The number of nitrogens with two attached hydrogens (primary N) is 1. The highest BCUT2D eigenvalue weighted by Gasteiger charge is 2.35. The van der Waals surface area contributed by atoms with Gasteiger partial charge >= 0.3 is 0 Å². The Morgan fingerprint density at radius 1 is 1.10 bits per heavy atom. The number of carbonyl (C=O) groups excluding carboxylic acids is 3. The topological polar surface area (TPSA) is 125 Å². The molecule has 0 radical (unpaired) electrons. The molecule has 1 aliphatic heterocycles. The largest absolute Gasteiger partial charge is 0.338 e. The van der Waals surface area contributed by atoms with E-state index in [-0.39, 0.29) is 17.6 Å². The number of anilines is 1. The molecule has 3 atom stereocenters. The van der Waals surface area contributed by atoms with Gasteiger partial charge in [0.25, 0.3) is 5.91 Å². The van der Waals surface area contributed by atoms with E-state index in [0.29, 0.717) is 5.56 Å². The van der Waals surface area contributed by atoms with Crippen LogP contribution in [0.25, 0.3) is 0 Å². The van der Waals surface area contributed by atoms with Crippen molar-refractivity contribution in [3.05, 3.63) is 65.7 Å². The average Bonchev–Trinajstić information content (AvgIpc) is 2.71. The van der Waals surface area contributed by atoms with E-state index < -0.39 is 23.6 Å². The van der Waals surface area contributed by atoms with Crippen LogP contribution in [0.5, 0.6) is 0 Å². The fourth-order valence-corrected chi connectivity index (χ4v) is 3.66. The molecule has 1 aliphatic rings. The lowest BCUT2D eigenvalue weighted by Crippen LogP contribution is -2.70. The molecule has 9 heteroatoms. The first-order chi connectivity index (χ1) is 13.9. The third kappa shape index (κ3) is 5.57. The fourth-order valence-electron chi connectivity index (χ4n) is 2.81. The van der Waals surface area contributed by atoms with Crippen molar-refractivity contribution in [2.24, 2.45) is 5.73 Å². The monoisotopic (exact) mass is 413 g/mol. The third-order valence-electron chi connectivity index (χ3n) is 4.38. The molecule has 0 aromatic heterocycles. The van der Waals surface area contributed by atoms with Crippen LogP contribution >= 0.6 is 11.8 Å². The second kappa shape index (κ2) is 9.55. The summed E-state index contributed by atoms with van der Waals surface area (Å²) in [5.74, 6) is -0.850. The molecule has 6 N–H and O–H groups in total. The Hall–Kier alpha value is -2.88. The molecule has 1 heterocycles. The summed E-state index contributed by atoms with van der Waals surface area (Å²) in [6.45, 7) is 1.91. The number of amides is 3. The number of benzene rings is 2. The summed E-state index contributed by atoms with van der Waals surface area (Å²) in [6, 6.07) is 15.2. The van der Waals surface area contributed by atoms with Gasteiger partial charge in [-0.2, -0.15) is 0 Å². The lowest BCUT2D eigenvalue weighted by molar-refractivity contribution is -0.125. The zero-order chi connectivity index (χ0) is 20.8. The van der Waals surface area contributed by atoms with E-state index in [1.165, 1.54) is 11.8 Å². The molecule has 3 rings (SSSR count). The number of aryl methyl sites for hydroxylation is 1. The minimum atomic E-state index is -0.916. The van der Waals surface area contributed by atoms with Crippen LogP contribution in [0, 0.1) is 6.92 Å². The lowest BCUT2D eigenvalue weighted by atomic mass is 10.1. The van der Waals surface area contributed by atoms with Crippen LogP contribution in [0.1, 0.15) is 15.9 Å². The number of hydrogen-bond donors (Lipinski definition) is 5. The van der Waals surface area contributed by atoms with Gasteiger partial charge in [-0.05, 0) is 30.7 Å². The molecule has 0 aliphatic carbocycles. The van der Waals surface area contributed by atoms with Crippen LogP contribution in [0.15, 0.2) is 54.6 Å². The molecule has 3 amide bonds. The van der Waals surface area contributed by atoms with Crippen molar-refractivity contribution in [2.45, 2.75) is 24.6 Å². The number of nitrogens with one attached hydrogen (secondary N) is 4. The molecule has 1 saturated heterocycles. The fraction of sp³-hybridized carbons (Fsp3) is 0.250. The zero-order valence-corrected chi connectivity index (χ0v) is 16.7. The number of thioether (sulfide) groups is 1. The van der Waals surface area contributed by atoms with E-state index in [1.54, 1.807) is 30.3 Å². The maximum atomic E-state index is 12.4. The third-order valence-corrected chi connectivity index (χ3v) is 5.40. The maximum absolute atomic E-state index is 12.4. The normalized spacial score (nSPS) is 21.2. The Kier molecular flexibility index (Phi) is 6.86. The number of carbonyl (C=O) groups is 3. The van der Waals surface area contributed by atoms with E-state index in [0.717, 1.165) is 11.3 Å². The lowest BCUT2D eigenvalue weighted by Gasteiger charge is -2.35. The quantitative estimate of drug-likeness (QED) is 0.476. The summed E-state index contributed by atoms with van der Waals surface area (Å²) >= 11 is 1.21. The molecule has 152 valence electrons. The van der Waals surface area contributed by atoms with Crippen molar-refractivity contribution >= 4 is 35.2 Å². The molecule has 2 aromatic rings. The Morgan fingerprint density at radius 3 is 2.48 bits per heavy atom. The first kappa shape index (κ1) is 20.8. The predicted molar refractivity (Wildman–Crippen MR) is 113 cm³/mol. The van der Waals surface area contributed by atoms with Crippen molar-refractivity contribution in [1.82, 2.24) is 16.0 Å². The predicted octanol–water partition coefficient (Wildman–Crippen LogP) is 0.753. The smallest absolute Gasteiger partial charge is 0.252 e. The average molecular weight is 414 g/mol. The summed E-state index contributed by atoms with van der Waals surface area (Å²) in [5.41, 5.74) is 7.66. The molecule has 29 heavy (non-hydrogen) atoms. The minimum absolute atomic E-state index is 0.125. The zero-order valence-electron chi connectivity index (χ0n) is 15.8. The highest BCUT2D eigenvalue weighted by Crippen LogP contribution is 2.15. The van der Waals surface area contributed by atoms with Gasteiger partial charge in [0, 0.05) is 11.3 Å². The van der Waals surface area contributed by atoms with Crippen LogP contribution in [0.3, 0.4) is 0 Å². The second-order valence-electron chi connectivity index (χ2n) is 6.57. The molecular weight excluding hydrogens is 390 g/mol. The van der Waals surface area contributed by atoms with Gasteiger partial charge in [0.05, 0.1) is 11.9 Å². The number of para-hydroxylation sites is 1. The van der Waals surface area contributed by atoms with Crippen LogP contribution in [0.2, 0.25) is 0 Å². The molecule has 8 nitrogen and oxygen atoms in total. The summed E-state index contributed by atoms with van der Waals surface area (Å²) in [6.07, 6.45) is -0.784. The minimum Gasteiger partial charge on any atom is -0.338 e. The van der Waals surface area contributed by atoms with Gasteiger partial charge in [-0.1, -0.05) is 36.4 Å². The highest BCUT2D eigenvalue weighted by molar-refractivity contribution is 8.00. The Morgan fingerprint density at radius 2 is 1.79 bits per heavy atom. The van der Waals surface area contributed by atoms with Crippen LogP contribution in [-0.2, 0) is 9.59 Å². The van der Waals surface area contributed by atoms with Crippen molar-refractivity contribution < 1.29 is 14.4 Å². The van der Waals surface area contributed by atoms with Crippen molar-refractivity contribution in [3.8, 4) is 0 Å². The summed E-state index contributed by atoms with van der Waals surface area (Å²) in [5, 5.41) is 11.2. The summed E-state index contributed by atoms with van der Waals surface area (Å²) < 4.78 is 0. The van der Waals surface area contributed by atoms with Gasteiger partial charge in [-0.3, -0.25) is 19.7 Å². The van der Waals surface area contributed by atoms with Gasteiger partial charge in [-0.15, -0.1) is 11.8 Å². The summed E-state index contributed by atoms with van der Waals surface area (Å²) in [7, 11) is 0. The molecule has 3 unspecified atom stereocenters. The van der Waals surface area contributed by atoms with Gasteiger partial charge in [0.2, 0.25) is 11.8 Å². The van der Waals surface area contributed by atoms with Crippen molar-refractivity contribution in [2.75, 3.05) is 11.1 Å². The Labute approximate surface area is 173 Å². The Balaban J connectivity index is 1.49. The molecule has 0 saturated carbocycles. The van der Waals surface area contributed by atoms with E-state index in [1.807, 2.05) is 31.2 Å². The maximum Gasteiger partial charge on any atom is 0.252 e. The molecule has 2 aromatic carbocycles. The van der Waals surface area contributed by atoms with Gasteiger partial charge < -0.3 is 21.7 Å². The van der Waals surface area contributed by atoms with E-state index >= 15 is 0 Å². The molecule has 1 fully saturated rings. The van der Waals surface area contributed by atoms with Crippen molar-refractivity contribution in [3.63, 3.8) is 0 Å². The van der Waals surface area contributed by atoms with Crippen LogP contribution in [0.4, 0.5) is 5.69 Å². The second-order valence-corrected chi connectivity index (χ2v) is 7.67. The van der Waals surface area contributed by atoms with Gasteiger partial charge in [0.15, 0.2) is 0 Å². The standard InChI is InChI=1S/C20H23N5O3S/c1-12-7-5-6-10-14(12)22-15(26)11-29-20-24-17(21)16(19(28)25-20)23-18(27)13-8-3-2-4-9-13/h2-10,16-17,20,24H,11,21H2,1H3,(H,22,26)(H,23,27)(H,25,28). The van der Waals surface area contributed by atoms with Crippen molar-refractivity contribution in [1.29, 1.82) is 0 Å². The Bertz CT molecular complexity index is 893. The van der Waals surface area contributed by atoms with Crippen LogP contribution in [-0.4, -0.2) is 41.2 Å². The van der Waals surface area contributed by atoms with Gasteiger partial charge in [0.1, 0.15) is 11.5 Å². The SMILES string of the molecule is Cc1ccccc1NC(=O)CSC1NC(=O)C(NC(=O)c2ccccc2)C(N)N1. The highest BCUT2D eigenvalue weighted by atomic mass is 32.2. The first-order valence-electron chi connectivity index (χ1n) is 9.09. The number of hydrogen-bond acceptors (Lipinski definition) is 6. The first-order valence-corrected chi connectivity index (χ1v) is 10.1. The van der Waals surface area contributed by atoms with Crippen LogP contribution < -0.4 is 27.0 Å². The molecule has 0 bridgehead atoms. The molecular formula is C20H23N5O3S. The van der Waals surface area contributed by atoms with Gasteiger partial charge in [-0.25, -0.2) is 0 Å². The number of rotatable bonds is 6. The van der Waals surface area contributed by atoms with E-state index in [4.69, 9.17) is 5.73 Å². The summed E-state index contributed by atoms with van der Waals surface area (Å²) in [4.78, 5) is 36.8. The van der Waals surface area contributed by atoms with E-state index in [9.17, 15) is 14.4 Å². The van der Waals surface area contributed by atoms with E-state index in [2.05, 4.69) is 21.3 Å².